The van der Waals surface area contributed by atoms with Crippen LogP contribution in [0.1, 0.15) is 26.7 Å². The predicted octanol–water partition coefficient (Wildman–Crippen LogP) is 7.57. The van der Waals surface area contributed by atoms with Gasteiger partial charge < -0.3 is 10.6 Å². The quantitative estimate of drug-likeness (QED) is 0.194. The van der Waals surface area contributed by atoms with E-state index in [1.54, 1.807) is 60.7 Å². The van der Waals surface area contributed by atoms with Gasteiger partial charge in [-0.2, -0.15) is 13.2 Å². The van der Waals surface area contributed by atoms with E-state index in [-0.39, 0.29) is 11.3 Å². The Morgan fingerprint density at radius 1 is 0.757 bits per heavy atom. The molecule has 0 saturated heterocycles. The summed E-state index contributed by atoms with van der Waals surface area (Å²) < 4.78 is 54.3. The minimum Gasteiger partial charge on any atom is -0.324 e. The van der Waals surface area contributed by atoms with Gasteiger partial charge in [-0.1, -0.05) is 60.7 Å². The number of anilines is 2. The molecule has 0 spiro atoms. The van der Waals surface area contributed by atoms with Crippen LogP contribution in [0.2, 0.25) is 0 Å². The highest BCUT2D eigenvalue weighted by Gasteiger charge is 2.34. The first kappa shape index (κ1) is 26.0. The molecule has 0 heterocycles. The third-order valence-corrected chi connectivity index (χ3v) is 6.54. The monoisotopic (exact) mass is 524 g/mol. The summed E-state index contributed by atoms with van der Waals surface area (Å²) in [5.74, 6) is -1.94. The molecule has 9 heteroatoms. The smallest absolute Gasteiger partial charge is 0.324 e. The third-order valence-electron chi connectivity index (χ3n) is 5.30. The molecule has 0 bridgehead atoms. The lowest BCUT2D eigenvalue weighted by Gasteiger charge is -2.19. The average Bonchev–Trinajstić information content (AvgIpc) is 2.88. The van der Waals surface area contributed by atoms with Gasteiger partial charge in [0, 0.05) is 10.6 Å². The van der Waals surface area contributed by atoms with Crippen LogP contribution in [0.4, 0.5) is 28.9 Å². The van der Waals surface area contributed by atoms with Crippen LogP contribution < -0.4 is 10.6 Å². The standard InChI is InChI=1S/C28H20F4N2O2S/c29-23-15-6-4-13-21(23)26(35)33-19-11-8-12-20(17-19)37-25(18-9-2-1-3-10-18)27(36)34-24-16-7-5-14-22(24)28(30,31)32/h1-17,25H,(H,33,35)(H,34,36). The van der Waals surface area contributed by atoms with Gasteiger partial charge in [0.2, 0.25) is 5.91 Å². The fourth-order valence-corrected chi connectivity index (χ4v) is 4.65. The summed E-state index contributed by atoms with van der Waals surface area (Å²) in [5, 5.41) is 4.14. The molecule has 37 heavy (non-hydrogen) atoms. The van der Waals surface area contributed by atoms with Crippen LogP contribution in [0, 0.1) is 5.82 Å². The first-order chi connectivity index (χ1) is 17.7. The number of amides is 2. The highest BCUT2D eigenvalue weighted by atomic mass is 32.2. The second kappa shape index (κ2) is 11.3. The van der Waals surface area contributed by atoms with Crippen molar-refractivity contribution in [1.82, 2.24) is 0 Å². The minimum atomic E-state index is -4.63. The largest absolute Gasteiger partial charge is 0.418 e. The number of hydrogen-bond donors (Lipinski definition) is 2. The number of hydrogen-bond acceptors (Lipinski definition) is 3. The summed E-state index contributed by atoms with van der Waals surface area (Å²) in [6.45, 7) is 0. The Balaban J connectivity index is 1.58. The zero-order valence-corrected chi connectivity index (χ0v) is 19.9. The number of rotatable bonds is 7. The van der Waals surface area contributed by atoms with Crippen LogP contribution >= 0.6 is 11.8 Å². The SMILES string of the molecule is O=C(Nc1cccc(SC(C(=O)Nc2ccccc2C(F)(F)F)c2ccccc2)c1)c1ccccc1F. The van der Waals surface area contributed by atoms with E-state index in [0.717, 1.165) is 17.8 Å². The summed E-state index contributed by atoms with van der Waals surface area (Å²) in [7, 11) is 0. The van der Waals surface area contributed by atoms with Gasteiger partial charge in [0.1, 0.15) is 11.1 Å². The number of thioether (sulfide) groups is 1. The van der Waals surface area contributed by atoms with Crippen molar-refractivity contribution in [3.63, 3.8) is 0 Å². The van der Waals surface area contributed by atoms with Gasteiger partial charge in [-0.3, -0.25) is 9.59 Å². The van der Waals surface area contributed by atoms with Crippen molar-refractivity contribution in [3.8, 4) is 0 Å². The molecule has 0 aliphatic heterocycles. The minimum absolute atomic E-state index is 0.120. The van der Waals surface area contributed by atoms with Crippen LogP contribution in [0.5, 0.6) is 0 Å². The van der Waals surface area contributed by atoms with Gasteiger partial charge in [0.05, 0.1) is 16.8 Å². The molecule has 4 nitrogen and oxygen atoms in total. The van der Waals surface area contributed by atoms with Gasteiger partial charge in [0.15, 0.2) is 0 Å². The summed E-state index contributed by atoms with van der Waals surface area (Å²) >= 11 is 1.10. The van der Waals surface area contributed by atoms with Crippen molar-refractivity contribution in [2.24, 2.45) is 0 Å². The van der Waals surface area contributed by atoms with Gasteiger partial charge in [0.25, 0.3) is 5.91 Å². The highest BCUT2D eigenvalue weighted by molar-refractivity contribution is 8.00. The summed E-state index contributed by atoms with van der Waals surface area (Å²) in [6.07, 6.45) is -4.63. The second-order valence-corrected chi connectivity index (χ2v) is 9.08. The van der Waals surface area contributed by atoms with Crippen LogP contribution in [0.3, 0.4) is 0 Å². The van der Waals surface area contributed by atoms with E-state index in [0.29, 0.717) is 16.1 Å². The Hall–Kier alpha value is -4.11. The van der Waals surface area contributed by atoms with E-state index in [1.807, 2.05) is 0 Å². The Morgan fingerprint density at radius 3 is 2.16 bits per heavy atom. The highest BCUT2D eigenvalue weighted by Crippen LogP contribution is 2.39. The molecule has 188 valence electrons. The number of carbonyl (C=O) groups is 2. The topological polar surface area (TPSA) is 58.2 Å². The van der Waals surface area contributed by atoms with Crippen molar-refractivity contribution in [2.75, 3.05) is 10.6 Å². The number of carbonyl (C=O) groups excluding carboxylic acids is 2. The Morgan fingerprint density at radius 2 is 1.43 bits per heavy atom. The average molecular weight is 525 g/mol. The number of alkyl halides is 3. The van der Waals surface area contributed by atoms with Crippen molar-refractivity contribution in [3.05, 3.63) is 126 Å². The molecule has 4 aromatic carbocycles. The van der Waals surface area contributed by atoms with Gasteiger partial charge in [-0.15, -0.1) is 11.8 Å². The summed E-state index contributed by atoms with van der Waals surface area (Å²) in [6, 6.07) is 25.5. The summed E-state index contributed by atoms with van der Waals surface area (Å²) in [4.78, 5) is 26.3. The van der Waals surface area contributed by atoms with E-state index < -0.39 is 34.6 Å². The molecule has 0 fully saturated rings. The molecule has 0 saturated carbocycles. The van der Waals surface area contributed by atoms with Gasteiger partial charge in [-0.25, -0.2) is 4.39 Å². The fraction of sp³-hybridized carbons (Fsp3) is 0.0714. The van der Waals surface area contributed by atoms with Gasteiger partial charge >= 0.3 is 6.18 Å². The first-order valence-electron chi connectivity index (χ1n) is 11.1. The van der Waals surface area contributed by atoms with Crippen LogP contribution in [0.25, 0.3) is 0 Å². The second-order valence-electron chi connectivity index (χ2n) is 7.90. The molecule has 2 N–H and O–H groups in total. The molecule has 1 atom stereocenters. The fourth-order valence-electron chi connectivity index (χ4n) is 3.57. The number of para-hydroxylation sites is 1. The van der Waals surface area contributed by atoms with Crippen LogP contribution in [0.15, 0.2) is 108 Å². The molecule has 2 amide bonds. The zero-order chi connectivity index (χ0) is 26.4. The molecule has 0 aromatic heterocycles. The molecule has 4 rings (SSSR count). The molecule has 0 radical (unpaired) electrons. The zero-order valence-electron chi connectivity index (χ0n) is 19.1. The van der Waals surface area contributed by atoms with E-state index in [9.17, 15) is 27.2 Å². The van der Waals surface area contributed by atoms with E-state index in [2.05, 4.69) is 10.6 Å². The normalized spacial score (nSPS) is 12.0. The van der Waals surface area contributed by atoms with Crippen molar-refractivity contribution >= 4 is 35.0 Å². The molecular weight excluding hydrogens is 504 g/mol. The number of halogens is 4. The van der Waals surface area contributed by atoms with Gasteiger partial charge in [-0.05, 0) is 48.0 Å². The maximum atomic E-state index is 14.0. The van der Waals surface area contributed by atoms with E-state index in [4.69, 9.17) is 0 Å². The van der Waals surface area contributed by atoms with Crippen LogP contribution in [-0.2, 0) is 11.0 Å². The predicted molar refractivity (Wildman–Crippen MR) is 136 cm³/mol. The molecule has 1 unspecified atom stereocenters. The molecule has 4 aromatic rings. The lowest BCUT2D eigenvalue weighted by molar-refractivity contribution is -0.137. The molecular formula is C28H20F4N2O2S. The number of benzene rings is 4. The lowest BCUT2D eigenvalue weighted by atomic mass is 10.1. The third kappa shape index (κ3) is 6.56. The maximum Gasteiger partial charge on any atom is 0.418 e. The molecule has 0 aliphatic rings. The Labute approximate surface area is 214 Å². The first-order valence-corrected chi connectivity index (χ1v) is 11.9. The number of nitrogens with one attached hydrogen (secondary N) is 2. The van der Waals surface area contributed by atoms with Crippen molar-refractivity contribution < 1.29 is 27.2 Å². The van der Waals surface area contributed by atoms with Crippen LogP contribution in [-0.4, -0.2) is 11.8 Å². The Bertz CT molecular complexity index is 1410. The maximum absolute atomic E-state index is 14.0. The van der Waals surface area contributed by atoms with Crippen molar-refractivity contribution in [1.29, 1.82) is 0 Å². The Kier molecular flexibility index (Phi) is 7.93. The van der Waals surface area contributed by atoms with E-state index >= 15 is 0 Å². The lowest BCUT2D eigenvalue weighted by Crippen LogP contribution is -2.21. The summed E-state index contributed by atoms with van der Waals surface area (Å²) in [5.41, 5.74) is -0.459. The van der Waals surface area contributed by atoms with Crippen molar-refractivity contribution in [2.45, 2.75) is 16.3 Å². The van der Waals surface area contributed by atoms with E-state index in [1.165, 1.54) is 36.4 Å². The molecule has 0 aliphatic carbocycles.